The van der Waals surface area contributed by atoms with Crippen molar-refractivity contribution in [1.29, 1.82) is 0 Å². The van der Waals surface area contributed by atoms with Gasteiger partial charge in [0.1, 0.15) is 0 Å². The molecule has 2 heterocycles. The molecule has 3 aliphatic rings. The van der Waals surface area contributed by atoms with Gasteiger partial charge < -0.3 is 0 Å². The number of nitrogens with zero attached hydrogens (tertiary/aromatic N) is 6. The number of hydrogen-bond donors (Lipinski definition) is 0. The average molecular weight is 893 g/mol. The van der Waals surface area contributed by atoms with Gasteiger partial charge in [0.05, 0.1) is 18.0 Å². The lowest BCUT2D eigenvalue weighted by Crippen LogP contribution is -2.27. The van der Waals surface area contributed by atoms with Crippen LogP contribution in [-0.4, -0.2) is 24.9 Å². The summed E-state index contributed by atoms with van der Waals surface area (Å²) in [5.41, 5.74) is 20.6. The summed E-state index contributed by atoms with van der Waals surface area (Å²) < 4.78 is 0. The van der Waals surface area contributed by atoms with Crippen LogP contribution in [0.1, 0.15) is 45.2 Å². The van der Waals surface area contributed by atoms with Crippen molar-refractivity contribution in [2.75, 3.05) is 0 Å². The smallest absolute Gasteiger partial charge is 0.187 e. The second-order valence-electron chi connectivity index (χ2n) is 17.9. The Bertz CT molecular complexity index is 3770. The van der Waals surface area contributed by atoms with Crippen molar-refractivity contribution in [1.82, 2.24) is 24.9 Å². The highest BCUT2D eigenvalue weighted by molar-refractivity contribution is 5.79. The van der Waals surface area contributed by atoms with Crippen molar-refractivity contribution >= 4 is 5.69 Å². The number of benzene rings is 9. The van der Waals surface area contributed by atoms with E-state index in [-0.39, 0.29) is 11.8 Å². The van der Waals surface area contributed by atoms with Gasteiger partial charge in [0.2, 0.25) is 0 Å². The minimum Gasteiger partial charge on any atom is -0.238 e. The van der Waals surface area contributed by atoms with E-state index in [1.165, 1.54) is 38.9 Å². The molecule has 0 aliphatic heterocycles. The van der Waals surface area contributed by atoms with E-state index < -0.39 is 0 Å². The molecule has 0 radical (unpaired) electrons. The molecule has 2 bridgehead atoms. The fraction of sp³-hybridized carbons (Fsp3) is 0.0312. The molecule has 326 valence electrons. The Hall–Kier alpha value is -9.44. The molecule has 0 amide bonds. The second-order valence-corrected chi connectivity index (χ2v) is 17.9. The molecule has 0 saturated heterocycles. The van der Waals surface area contributed by atoms with Gasteiger partial charge in [-0.25, -0.2) is 29.8 Å². The molecule has 0 saturated carbocycles. The summed E-state index contributed by atoms with van der Waals surface area (Å²) in [5, 5.41) is 0. The monoisotopic (exact) mass is 892 g/mol. The van der Waals surface area contributed by atoms with Crippen LogP contribution >= 0.6 is 0 Å². The first kappa shape index (κ1) is 40.8. The number of hydrogen-bond acceptors (Lipinski definition) is 5. The third-order valence-electron chi connectivity index (χ3n) is 13.8. The lowest BCUT2D eigenvalue weighted by atomic mass is 9.60. The van der Waals surface area contributed by atoms with E-state index in [4.69, 9.17) is 31.5 Å². The van der Waals surface area contributed by atoms with Gasteiger partial charge in [-0.05, 0) is 79.9 Å². The summed E-state index contributed by atoms with van der Waals surface area (Å²) >= 11 is 0. The van der Waals surface area contributed by atoms with E-state index in [2.05, 4.69) is 132 Å². The van der Waals surface area contributed by atoms with Crippen molar-refractivity contribution < 1.29 is 0 Å². The Labute approximate surface area is 406 Å². The molecular formula is C64H40N6. The van der Waals surface area contributed by atoms with E-state index >= 15 is 0 Å². The van der Waals surface area contributed by atoms with E-state index in [9.17, 15) is 0 Å². The van der Waals surface area contributed by atoms with Gasteiger partial charge in [0.15, 0.2) is 29.0 Å². The van der Waals surface area contributed by atoms with Crippen LogP contribution in [0.3, 0.4) is 0 Å². The second kappa shape index (κ2) is 17.0. The Kier molecular flexibility index (Phi) is 9.92. The first-order valence-electron chi connectivity index (χ1n) is 23.5. The molecule has 3 aliphatic carbocycles. The number of rotatable bonds is 8. The zero-order chi connectivity index (χ0) is 46.5. The molecule has 2 unspecified atom stereocenters. The fourth-order valence-corrected chi connectivity index (χ4v) is 10.4. The summed E-state index contributed by atoms with van der Waals surface area (Å²) in [5.74, 6) is 2.80. The Morgan fingerprint density at radius 2 is 0.629 bits per heavy atom. The van der Waals surface area contributed by atoms with Gasteiger partial charge in [0, 0.05) is 45.2 Å². The first-order chi connectivity index (χ1) is 34.6. The standard InChI is InChI=1S/C64H40N6/c1-65-50-32-28-41(29-33-50)46-20-13-21-48(36-46)58-39-57(66-61(67-58)43-14-5-2-6-15-43)42-26-24-40(25-27-42)47-30-34-53-55(37-47)59-51-22-11-12-23-52(51)60(53)56-38-49(31-35-54(56)59)64-69-62(44-16-7-3-8-17-44)68-63(70-64)45-18-9-4-10-19-45/h2-39,59-60H. The van der Waals surface area contributed by atoms with Crippen molar-refractivity contribution in [3.05, 3.63) is 275 Å². The van der Waals surface area contributed by atoms with E-state index in [1.54, 1.807) is 0 Å². The normalized spacial score (nSPS) is 14.0. The van der Waals surface area contributed by atoms with Gasteiger partial charge in [-0.15, -0.1) is 0 Å². The fourth-order valence-electron chi connectivity index (χ4n) is 10.4. The minimum atomic E-state index is 0.0725. The third kappa shape index (κ3) is 7.25. The van der Waals surface area contributed by atoms with Crippen LogP contribution in [0.15, 0.2) is 231 Å². The maximum atomic E-state index is 7.37. The lowest BCUT2D eigenvalue weighted by Gasteiger charge is -2.42. The highest BCUT2D eigenvalue weighted by atomic mass is 15.0. The molecule has 70 heavy (non-hydrogen) atoms. The van der Waals surface area contributed by atoms with Crippen molar-refractivity contribution in [3.8, 4) is 90.3 Å². The Morgan fingerprint density at radius 1 is 0.257 bits per heavy atom. The molecule has 11 aromatic rings. The largest absolute Gasteiger partial charge is 0.238 e. The quantitative estimate of drug-likeness (QED) is 0.142. The molecule has 2 atom stereocenters. The van der Waals surface area contributed by atoms with E-state index in [0.29, 0.717) is 29.0 Å². The molecule has 0 fully saturated rings. The minimum absolute atomic E-state index is 0.0725. The van der Waals surface area contributed by atoms with E-state index in [0.717, 1.165) is 61.5 Å². The van der Waals surface area contributed by atoms with E-state index in [1.807, 2.05) is 103 Å². The molecular weight excluding hydrogens is 853 g/mol. The predicted molar refractivity (Wildman–Crippen MR) is 280 cm³/mol. The maximum Gasteiger partial charge on any atom is 0.187 e. The van der Waals surface area contributed by atoms with Gasteiger partial charge in [0.25, 0.3) is 0 Å². The summed E-state index contributed by atoms with van der Waals surface area (Å²) in [4.78, 5) is 28.9. The zero-order valence-corrected chi connectivity index (χ0v) is 37.8. The van der Waals surface area contributed by atoms with Gasteiger partial charge in [-0.2, -0.15) is 0 Å². The van der Waals surface area contributed by atoms with Crippen molar-refractivity contribution in [2.45, 2.75) is 11.8 Å². The van der Waals surface area contributed by atoms with Gasteiger partial charge >= 0.3 is 0 Å². The first-order valence-corrected chi connectivity index (χ1v) is 23.5. The van der Waals surface area contributed by atoms with Crippen LogP contribution in [-0.2, 0) is 0 Å². The molecule has 0 spiro atoms. The molecule has 6 heteroatoms. The Balaban J connectivity index is 0.853. The lowest BCUT2D eigenvalue weighted by molar-refractivity contribution is 0.755. The predicted octanol–water partition coefficient (Wildman–Crippen LogP) is 15.5. The average Bonchev–Trinajstić information content (AvgIpc) is 3.45. The summed E-state index contributed by atoms with van der Waals surface area (Å²) in [7, 11) is 0. The van der Waals surface area contributed by atoms with Crippen LogP contribution in [0.25, 0.3) is 95.2 Å². The van der Waals surface area contributed by atoms with Crippen molar-refractivity contribution in [3.63, 3.8) is 0 Å². The third-order valence-corrected chi connectivity index (χ3v) is 13.8. The summed E-state index contributed by atoms with van der Waals surface area (Å²) in [6.45, 7) is 7.37. The molecule has 14 rings (SSSR count). The highest BCUT2D eigenvalue weighted by Crippen LogP contribution is 2.56. The van der Waals surface area contributed by atoms with Crippen LogP contribution in [0.4, 0.5) is 5.69 Å². The molecule has 6 nitrogen and oxygen atoms in total. The van der Waals surface area contributed by atoms with Gasteiger partial charge in [-0.1, -0.05) is 206 Å². The SMILES string of the molecule is [C-]#[N+]c1ccc(-c2cccc(-c3cc(-c4ccc(-c5ccc6c(c5)C5c7ccccc7C6c6cc(-c7nc(-c8ccccc8)nc(-c8ccccc8)n7)ccc65)cc4)nc(-c4ccccc4)n3)c2)cc1. The summed E-state index contributed by atoms with van der Waals surface area (Å²) in [6, 6.07) is 80.3. The van der Waals surface area contributed by atoms with Crippen LogP contribution in [0, 0.1) is 6.57 Å². The van der Waals surface area contributed by atoms with Crippen LogP contribution in [0.2, 0.25) is 0 Å². The maximum absolute atomic E-state index is 7.37. The van der Waals surface area contributed by atoms with Crippen molar-refractivity contribution in [2.24, 2.45) is 0 Å². The topological polar surface area (TPSA) is 68.8 Å². The zero-order valence-electron chi connectivity index (χ0n) is 37.8. The van der Waals surface area contributed by atoms with Crippen LogP contribution < -0.4 is 0 Å². The molecule has 9 aromatic carbocycles. The molecule has 2 aromatic heterocycles. The summed E-state index contributed by atoms with van der Waals surface area (Å²) in [6.07, 6.45) is 0. The van der Waals surface area contributed by atoms with Gasteiger partial charge in [-0.3, -0.25) is 0 Å². The number of aromatic nitrogens is 5. The van der Waals surface area contributed by atoms with Crippen LogP contribution in [0.5, 0.6) is 0 Å². The highest BCUT2D eigenvalue weighted by Gasteiger charge is 2.41. The molecule has 0 N–H and O–H groups in total. The Morgan fingerprint density at radius 3 is 1.17 bits per heavy atom.